The second kappa shape index (κ2) is 9.05. The first-order valence-electron chi connectivity index (χ1n) is 7.72. The number of halogens is 3. The lowest BCUT2D eigenvalue weighted by atomic mass is 10.1. The summed E-state index contributed by atoms with van der Waals surface area (Å²) in [4.78, 5) is 14.7. The van der Waals surface area contributed by atoms with Crippen LogP contribution < -0.4 is 0 Å². The maximum atomic E-state index is 13.1. The van der Waals surface area contributed by atoms with E-state index < -0.39 is 0 Å². The van der Waals surface area contributed by atoms with Crippen LogP contribution in [0.25, 0.3) is 6.08 Å². The first-order valence-corrected chi connectivity index (χ1v) is 10.5. The number of ketones is 1. The summed E-state index contributed by atoms with van der Waals surface area (Å²) in [5.74, 6) is -0.0135. The van der Waals surface area contributed by atoms with Gasteiger partial charge in [-0.25, -0.2) is 0 Å². The molecule has 0 spiro atoms. The van der Waals surface area contributed by atoms with Gasteiger partial charge in [-0.1, -0.05) is 67.4 Å². The number of Topliss-reactive ketones (excluding diaryl/α,β-unsaturated/α-hetero) is 1. The number of thioether (sulfide) groups is 1. The van der Waals surface area contributed by atoms with Crippen molar-refractivity contribution in [1.29, 1.82) is 0 Å². The van der Waals surface area contributed by atoms with Gasteiger partial charge in [-0.05, 0) is 72.3 Å². The molecule has 0 unspecified atom stereocenters. The zero-order valence-corrected chi connectivity index (χ0v) is 18.2. The molecule has 0 fully saturated rings. The maximum Gasteiger partial charge on any atom is 0.199 e. The first kappa shape index (κ1) is 19.4. The van der Waals surface area contributed by atoms with Crippen molar-refractivity contribution in [3.8, 4) is 0 Å². The predicted octanol–water partition coefficient (Wildman–Crippen LogP) is 7.88. The highest BCUT2D eigenvalue weighted by molar-refractivity contribution is 9.10. The van der Waals surface area contributed by atoms with Crippen molar-refractivity contribution >= 4 is 67.1 Å². The van der Waals surface area contributed by atoms with E-state index in [0.29, 0.717) is 15.5 Å². The normalized spacial score (nSPS) is 11.4. The maximum absolute atomic E-state index is 13.1. The van der Waals surface area contributed by atoms with Gasteiger partial charge in [-0.3, -0.25) is 4.79 Å². The number of rotatable bonds is 5. The lowest BCUT2D eigenvalue weighted by Gasteiger charge is -2.08. The minimum Gasteiger partial charge on any atom is -0.288 e. The Hall–Kier alpha value is -1.33. The Bertz CT molecular complexity index is 933. The predicted molar refractivity (Wildman–Crippen MR) is 118 cm³/mol. The Labute approximate surface area is 178 Å². The second-order valence-electron chi connectivity index (χ2n) is 5.45. The number of carbonyl (C=O) groups excluding carboxylic acids is 1. The van der Waals surface area contributed by atoms with Crippen LogP contribution in [-0.2, 0) is 0 Å². The monoisotopic (exact) mass is 506 g/mol. The topological polar surface area (TPSA) is 17.1 Å². The summed E-state index contributed by atoms with van der Waals surface area (Å²) >= 11 is 14.3. The molecular formula is C21H13Br2ClOS. The summed E-state index contributed by atoms with van der Waals surface area (Å²) < 4.78 is 1.95. The van der Waals surface area contributed by atoms with Gasteiger partial charge in [0, 0.05) is 24.4 Å². The molecule has 0 aliphatic heterocycles. The number of hydrogen-bond donors (Lipinski definition) is 0. The molecule has 0 heterocycles. The van der Waals surface area contributed by atoms with Crippen molar-refractivity contribution in [2.45, 2.75) is 4.90 Å². The molecule has 0 saturated carbocycles. The van der Waals surface area contributed by atoms with Gasteiger partial charge in [0.15, 0.2) is 5.78 Å². The second-order valence-corrected chi connectivity index (χ2v) is 8.84. The van der Waals surface area contributed by atoms with Crippen molar-refractivity contribution in [1.82, 2.24) is 0 Å². The van der Waals surface area contributed by atoms with E-state index in [0.717, 1.165) is 19.4 Å². The molecule has 3 aromatic rings. The molecule has 5 heteroatoms. The highest BCUT2D eigenvalue weighted by atomic mass is 79.9. The first-order chi connectivity index (χ1) is 12.5. The molecule has 0 N–H and O–H groups in total. The molecule has 0 saturated heterocycles. The van der Waals surface area contributed by atoms with Crippen LogP contribution in [0, 0.1) is 0 Å². The van der Waals surface area contributed by atoms with Gasteiger partial charge in [-0.15, -0.1) is 0 Å². The van der Waals surface area contributed by atoms with E-state index in [1.54, 1.807) is 0 Å². The Morgan fingerprint density at radius 1 is 0.808 bits per heavy atom. The van der Waals surface area contributed by atoms with Gasteiger partial charge in [0.2, 0.25) is 0 Å². The van der Waals surface area contributed by atoms with Crippen molar-refractivity contribution < 1.29 is 4.79 Å². The van der Waals surface area contributed by atoms with Crippen LogP contribution in [0.3, 0.4) is 0 Å². The molecule has 1 nitrogen and oxygen atoms in total. The fraction of sp³-hybridized carbons (Fsp3) is 0. The lowest BCUT2D eigenvalue weighted by Crippen LogP contribution is -2.01. The van der Waals surface area contributed by atoms with Crippen molar-refractivity contribution in [2.24, 2.45) is 0 Å². The molecule has 0 amide bonds. The van der Waals surface area contributed by atoms with Crippen LogP contribution in [0.4, 0.5) is 0 Å². The zero-order valence-electron chi connectivity index (χ0n) is 13.5. The number of benzene rings is 3. The standard InChI is InChI=1S/C21H13Br2ClOS/c22-16-5-3-15(4-6-16)21(25)20(13-14-1-9-18(24)10-2-14)26-19-11-7-17(23)8-12-19/h1-13H/b20-13+. The van der Waals surface area contributed by atoms with Crippen LogP contribution in [0.5, 0.6) is 0 Å². The lowest BCUT2D eigenvalue weighted by molar-refractivity contribution is 0.104. The largest absolute Gasteiger partial charge is 0.288 e. The molecule has 0 atom stereocenters. The van der Waals surface area contributed by atoms with Crippen molar-refractivity contribution in [3.05, 3.63) is 103 Å². The Morgan fingerprint density at radius 2 is 1.35 bits per heavy atom. The fourth-order valence-corrected chi connectivity index (χ4v) is 3.81. The van der Waals surface area contributed by atoms with Crippen LogP contribution in [0.1, 0.15) is 15.9 Å². The molecule has 0 aliphatic rings. The number of allylic oxidation sites excluding steroid dienone is 1. The van der Waals surface area contributed by atoms with E-state index in [2.05, 4.69) is 31.9 Å². The zero-order chi connectivity index (χ0) is 18.5. The van der Waals surface area contributed by atoms with Gasteiger partial charge in [0.05, 0.1) is 4.91 Å². The number of hydrogen-bond acceptors (Lipinski definition) is 2. The SMILES string of the molecule is O=C(/C(=C\c1ccc(Cl)cc1)Sc1ccc(Br)cc1)c1ccc(Br)cc1. The molecule has 0 aromatic heterocycles. The van der Waals surface area contributed by atoms with Gasteiger partial charge in [-0.2, -0.15) is 0 Å². The Kier molecular flexibility index (Phi) is 6.76. The van der Waals surface area contributed by atoms with E-state index >= 15 is 0 Å². The van der Waals surface area contributed by atoms with E-state index in [4.69, 9.17) is 11.6 Å². The van der Waals surface area contributed by atoms with Gasteiger partial charge < -0.3 is 0 Å². The van der Waals surface area contributed by atoms with Crippen molar-refractivity contribution in [3.63, 3.8) is 0 Å². The molecule has 3 aromatic carbocycles. The van der Waals surface area contributed by atoms with Gasteiger partial charge >= 0.3 is 0 Å². The fourth-order valence-electron chi connectivity index (χ4n) is 2.22. The highest BCUT2D eigenvalue weighted by Crippen LogP contribution is 2.32. The highest BCUT2D eigenvalue weighted by Gasteiger charge is 2.14. The van der Waals surface area contributed by atoms with Crippen LogP contribution in [-0.4, -0.2) is 5.78 Å². The van der Waals surface area contributed by atoms with Crippen LogP contribution in [0.15, 0.2) is 91.5 Å². The van der Waals surface area contributed by atoms with Crippen molar-refractivity contribution in [2.75, 3.05) is 0 Å². The van der Waals surface area contributed by atoms with E-state index in [-0.39, 0.29) is 5.78 Å². The quantitative estimate of drug-likeness (QED) is 0.198. The summed E-state index contributed by atoms with van der Waals surface area (Å²) in [5, 5.41) is 0.670. The molecule has 0 aliphatic carbocycles. The third-order valence-electron chi connectivity index (χ3n) is 3.54. The summed E-state index contributed by atoms with van der Waals surface area (Å²) in [6, 6.07) is 22.7. The summed E-state index contributed by atoms with van der Waals surface area (Å²) in [5.41, 5.74) is 1.58. The number of carbonyl (C=O) groups is 1. The van der Waals surface area contributed by atoms with Crippen LogP contribution in [0.2, 0.25) is 5.02 Å². The molecule has 26 heavy (non-hydrogen) atoms. The average molecular weight is 509 g/mol. The van der Waals surface area contributed by atoms with E-state index in [1.165, 1.54) is 11.8 Å². The summed E-state index contributed by atoms with van der Waals surface area (Å²) in [7, 11) is 0. The van der Waals surface area contributed by atoms with Gasteiger partial charge in [0.1, 0.15) is 0 Å². The smallest absolute Gasteiger partial charge is 0.199 e. The van der Waals surface area contributed by atoms with E-state index in [9.17, 15) is 4.79 Å². The molecule has 3 rings (SSSR count). The summed E-state index contributed by atoms with van der Waals surface area (Å²) in [6.45, 7) is 0. The molecule has 130 valence electrons. The van der Waals surface area contributed by atoms with E-state index in [1.807, 2.05) is 78.9 Å². The molecule has 0 radical (unpaired) electrons. The van der Waals surface area contributed by atoms with Crippen LogP contribution >= 0.6 is 55.2 Å². The molecule has 0 bridgehead atoms. The third-order valence-corrected chi connectivity index (χ3v) is 5.88. The minimum absolute atomic E-state index is 0.0135. The Balaban J connectivity index is 1.97. The summed E-state index contributed by atoms with van der Waals surface area (Å²) in [6.07, 6.45) is 1.90. The third kappa shape index (κ3) is 5.34. The molecular weight excluding hydrogens is 496 g/mol. The average Bonchev–Trinajstić information content (AvgIpc) is 2.65. The van der Waals surface area contributed by atoms with Gasteiger partial charge in [0.25, 0.3) is 0 Å². The minimum atomic E-state index is -0.0135. The Morgan fingerprint density at radius 3 is 1.92 bits per heavy atom.